The van der Waals surface area contributed by atoms with Gasteiger partial charge in [0, 0.05) is 24.1 Å². The molecule has 7 rings (SSSR count). The second kappa shape index (κ2) is 7.74. The fraction of sp³-hybridized carbons (Fsp3) is 0.194. The highest BCUT2D eigenvalue weighted by molar-refractivity contribution is 6.01. The summed E-state index contributed by atoms with van der Waals surface area (Å²) < 4.78 is 5.77. The molecule has 0 radical (unpaired) electrons. The Hall–Kier alpha value is -4.05. The van der Waals surface area contributed by atoms with Crippen LogP contribution in [0.1, 0.15) is 41.3 Å². The molecule has 0 bridgehead atoms. The molecular formula is C31H26N2O2. The maximum Gasteiger partial charge on any atom is 0.253 e. The maximum atomic E-state index is 14.1. The third-order valence-electron chi connectivity index (χ3n) is 7.74. The van der Waals surface area contributed by atoms with Gasteiger partial charge in [0.05, 0.1) is 24.4 Å². The van der Waals surface area contributed by atoms with E-state index in [0.29, 0.717) is 6.42 Å². The first kappa shape index (κ1) is 20.3. The van der Waals surface area contributed by atoms with E-state index < -0.39 is 0 Å². The highest BCUT2D eigenvalue weighted by Gasteiger charge is 2.45. The molecule has 1 N–H and O–H groups in total. The van der Waals surface area contributed by atoms with Crippen molar-refractivity contribution in [1.82, 2.24) is 4.90 Å². The molecular weight excluding hydrogens is 432 g/mol. The predicted octanol–water partition coefficient (Wildman–Crippen LogP) is 6.34. The van der Waals surface area contributed by atoms with E-state index >= 15 is 0 Å². The fourth-order valence-corrected chi connectivity index (χ4v) is 6.01. The summed E-state index contributed by atoms with van der Waals surface area (Å²) >= 11 is 0. The van der Waals surface area contributed by atoms with Crippen LogP contribution in [0.3, 0.4) is 0 Å². The molecule has 3 aliphatic rings. The normalized spacial score (nSPS) is 19.2. The molecule has 0 aromatic heterocycles. The van der Waals surface area contributed by atoms with Crippen LogP contribution < -0.4 is 10.1 Å². The number of nitrogens with zero attached hydrogens (tertiary/aromatic N) is 1. The summed E-state index contributed by atoms with van der Waals surface area (Å²) in [5.41, 5.74) is 7.67. The molecule has 0 spiro atoms. The van der Waals surface area contributed by atoms with Crippen LogP contribution in [0.5, 0.6) is 5.75 Å². The van der Waals surface area contributed by atoms with Crippen LogP contribution in [0.2, 0.25) is 0 Å². The van der Waals surface area contributed by atoms with Crippen LogP contribution in [0, 0.1) is 0 Å². The summed E-state index contributed by atoms with van der Waals surface area (Å²) in [4.78, 5) is 16.2. The first-order valence-electron chi connectivity index (χ1n) is 12.3. The number of carbonyl (C=O) groups excluding carboxylic acids is 1. The molecule has 1 amide bonds. The summed E-state index contributed by atoms with van der Waals surface area (Å²) in [7, 11) is 0. The number of ether oxygens (including phenoxy) is 1. The van der Waals surface area contributed by atoms with Gasteiger partial charge in [-0.25, -0.2) is 0 Å². The molecule has 0 unspecified atom stereocenters. The minimum absolute atomic E-state index is 0.0985. The Balaban J connectivity index is 1.38. The van der Waals surface area contributed by atoms with Crippen LogP contribution in [0.4, 0.5) is 5.69 Å². The number of rotatable bonds is 3. The Bertz CT molecular complexity index is 1530. The lowest BCUT2D eigenvalue weighted by Gasteiger charge is -2.34. The summed E-state index contributed by atoms with van der Waals surface area (Å²) in [6.07, 6.45) is 1.56. The van der Waals surface area contributed by atoms with Crippen molar-refractivity contribution in [3.63, 3.8) is 0 Å². The van der Waals surface area contributed by atoms with Crippen LogP contribution in [0.25, 0.3) is 10.8 Å². The lowest BCUT2D eigenvalue weighted by atomic mass is 9.93. The van der Waals surface area contributed by atoms with E-state index in [1.54, 1.807) is 0 Å². The van der Waals surface area contributed by atoms with Crippen molar-refractivity contribution in [1.29, 1.82) is 0 Å². The van der Waals surface area contributed by atoms with Crippen molar-refractivity contribution in [3.8, 4) is 5.75 Å². The quantitative estimate of drug-likeness (QED) is 0.389. The first-order chi connectivity index (χ1) is 17.2. The van der Waals surface area contributed by atoms with Gasteiger partial charge in [0.2, 0.25) is 0 Å². The number of fused-ring (bicyclic) bond motifs is 3. The minimum Gasteiger partial charge on any atom is -0.493 e. The lowest BCUT2D eigenvalue weighted by Crippen LogP contribution is -2.33. The van der Waals surface area contributed by atoms with Crippen molar-refractivity contribution in [3.05, 3.63) is 118 Å². The van der Waals surface area contributed by atoms with Crippen molar-refractivity contribution in [2.45, 2.75) is 31.8 Å². The average Bonchev–Trinajstić information content (AvgIpc) is 3.48. The molecule has 4 nitrogen and oxygen atoms in total. The van der Waals surface area contributed by atoms with Crippen LogP contribution >= 0.6 is 0 Å². The number of amides is 1. The molecule has 35 heavy (non-hydrogen) atoms. The first-order valence-corrected chi connectivity index (χ1v) is 12.3. The highest BCUT2D eigenvalue weighted by Crippen LogP contribution is 2.48. The monoisotopic (exact) mass is 458 g/mol. The van der Waals surface area contributed by atoms with Crippen LogP contribution in [-0.4, -0.2) is 17.4 Å². The Morgan fingerprint density at radius 3 is 2.71 bits per heavy atom. The molecule has 0 saturated heterocycles. The third-order valence-corrected chi connectivity index (χ3v) is 7.74. The number of benzene rings is 4. The van der Waals surface area contributed by atoms with E-state index in [1.165, 1.54) is 27.5 Å². The topological polar surface area (TPSA) is 41.6 Å². The zero-order valence-corrected chi connectivity index (χ0v) is 19.6. The van der Waals surface area contributed by atoms with Crippen molar-refractivity contribution in [2.75, 3.05) is 11.9 Å². The summed E-state index contributed by atoms with van der Waals surface area (Å²) in [6, 6.07) is 29.3. The molecule has 0 saturated carbocycles. The molecule has 0 fully saturated rings. The fourth-order valence-electron chi connectivity index (χ4n) is 6.01. The number of nitrogens with one attached hydrogen (secondary N) is 1. The Morgan fingerprint density at radius 2 is 1.77 bits per heavy atom. The Morgan fingerprint density at radius 1 is 0.943 bits per heavy atom. The van der Waals surface area contributed by atoms with Gasteiger partial charge in [-0.15, -0.1) is 0 Å². The summed E-state index contributed by atoms with van der Waals surface area (Å²) in [6.45, 7) is 2.88. The van der Waals surface area contributed by atoms with Gasteiger partial charge < -0.3 is 15.0 Å². The number of carbonyl (C=O) groups is 1. The van der Waals surface area contributed by atoms with Crippen molar-refractivity contribution >= 4 is 22.4 Å². The van der Waals surface area contributed by atoms with E-state index in [1.807, 2.05) is 12.1 Å². The van der Waals surface area contributed by atoms with Gasteiger partial charge in [0.15, 0.2) is 0 Å². The van der Waals surface area contributed by atoms with Crippen LogP contribution in [0.15, 0.2) is 96.2 Å². The van der Waals surface area contributed by atoms with E-state index in [0.717, 1.165) is 41.3 Å². The molecule has 0 aliphatic carbocycles. The van der Waals surface area contributed by atoms with E-state index in [4.69, 9.17) is 4.74 Å². The smallest absolute Gasteiger partial charge is 0.253 e. The lowest BCUT2D eigenvalue weighted by molar-refractivity contribution is -0.129. The second-order valence-corrected chi connectivity index (χ2v) is 9.68. The van der Waals surface area contributed by atoms with Gasteiger partial charge in [-0.05, 0) is 58.1 Å². The highest BCUT2D eigenvalue weighted by atomic mass is 16.5. The zero-order chi connectivity index (χ0) is 23.5. The molecule has 3 heterocycles. The number of para-hydroxylation sites is 1. The SMILES string of the molecule is C[C@H](c1cccc2ccccc12)N1C(=O)C2=C(Nc3ccccc3C2)[C@H]1c1ccc2c(c1)CCO2. The van der Waals surface area contributed by atoms with E-state index in [9.17, 15) is 4.79 Å². The molecule has 172 valence electrons. The van der Waals surface area contributed by atoms with Gasteiger partial charge >= 0.3 is 0 Å². The van der Waals surface area contributed by atoms with Gasteiger partial charge in [0.1, 0.15) is 5.75 Å². The van der Waals surface area contributed by atoms with Gasteiger partial charge in [0.25, 0.3) is 5.91 Å². The minimum atomic E-state index is -0.175. The molecule has 3 aliphatic heterocycles. The van der Waals surface area contributed by atoms with Crippen LogP contribution in [-0.2, 0) is 17.6 Å². The van der Waals surface area contributed by atoms with Gasteiger partial charge in [-0.3, -0.25) is 4.79 Å². The zero-order valence-electron chi connectivity index (χ0n) is 19.6. The average molecular weight is 459 g/mol. The predicted molar refractivity (Wildman–Crippen MR) is 138 cm³/mol. The Labute approximate surface area is 204 Å². The standard InChI is InChI=1S/C31H26N2O2/c1-19(24-11-6-9-20-7-2-4-10-25(20)24)33-30(23-13-14-28-22(17-23)15-16-35-28)29-26(31(33)34)18-21-8-3-5-12-27(21)32-29/h2-14,17,19,30,32H,15-16,18H2,1H3/t19-,30-/m1/s1. The third kappa shape index (κ3) is 3.09. The molecule has 4 heteroatoms. The van der Waals surface area contributed by atoms with Crippen molar-refractivity contribution in [2.24, 2.45) is 0 Å². The van der Waals surface area contributed by atoms with Crippen molar-refractivity contribution < 1.29 is 9.53 Å². The second-order valence-electron chi connectivity index (χ2n) is 9.68. The number of hydrogen-bond acceptors (Lipinski definition) is 3. The summed E-state index contributed by atoms with van der Waals surface area (Å²) in [5, 5.41) is 6.05. The number of hydrogen-bond donors (Lipinski definition) is 1. The van der Waals surface area contributed by atoms with E-state index in [2.05, 4.69) is 89.9 Å². The molecule has 4 aromatic rings. The van der Waals surface area contributed by atoms with E-state index in [-0.39, 0.29) is 18.0 Å². The van der Waals surface area contributed by atoms with Gasteiger partial charge in [-0.1, -0.05) is 66.7 Å². The summed E-state index contributed by atoms with van der Waals surface area (Å²) in [5.74, 6) is 1.08. The molecule has 2 atom stereocenters. The Kier molecular flexibility index (Phi) is 4.50. The molecule has 4 aromatic carbocycles. The largest absolute Gasteiger partial charge is 0.493 e. The number of anilines is 1. The maximum absolute atomic E-state index is 14.1. The van der Waals surface area contributed by atoms with Gasteiger partial charge in [-0.2, -0.15) is 0 Å².